The van der Waals surface area contributed by atoms with Gasteiger partial charge in [0.1, 0.15) is 35.3 Å². The number of ether oxygens (including phenoxy) is 6. The highest BCUT2D eigenvalue weighted by molar-refractivity contribution is 6.12. The summed E-state index contributed by atoms with van der Waals surface area (Å²) < 4.78 is 36.8. The molecular formula is C27H37N5O9. The highest BCUT2D eigenvalue weighted by atomic mass is 16.8. The summed E-state index contributed by atoms with van der Waals surface area (Å²) >= 11 is 0. The summed E-state index contributed by atoms with van der Waals surface area (Å²) in [5, 5.41) is 0. The van der Waals surface area contributed by atoms with Crippen molar-refractivity contribution in [2.75, 3.05) is 11.5 Å². The second-order valence-electron chi connectivity index (χ2n) is 12.8. The Hall–Kier alpha value is -3.36. The van der Waals surface area contributed by atoms with Gasteiger partial charge in [0.05, 0.1) is 18.9 Å². The van der Waals surface area contributed by atoms with Crippen LogP contribution in [0.15, 0.2) is 12.7 Å². The Labute approximate surface area is 237 Å². The number of hydrogen-bond donors (Lipinski definition) is 0. The minimum atomic E-state index is -0.984. The summed E-state index contributed by atoms with van der Waals surface area (Å²) in [6.45, 7) is 15.7. The second kappa shape index (κ2) is 9.60. The molecule has 0 bridgehead atoms. The maximum Gasteiger partial charge on any atom is 0.425 e. The van der Waals surface area contributed by atoms with E-state index < -0.39 is 59.1 Å². The van der Waals surface area contributed by atoms with Gasteiger partial charge in [0.2, 0.25) is 0 Å². The highest BCUT2D eigenvalue weighted by Crippen LogP contribution is 2.62. The first-order chi connectivity index (χ1) is 19.0. The summed E-state index contributed by atoms with van der Waals surface area (Å²) in [4.78, 5) is 52.9. The number of hydrogen-bond acceptors (Lipinski definition) is 12. The first-order valence-corrected chi connectivity index (χ1v) is 13.6. The molecule has 0 aromatic carbocycles. The largest absolute Gasteiger partial charge is 0.466 e. The molecule has 14 nitrogen and oxygen atoms in total. The first-order valence-electron chi connectivity index (χ1n) is 13.6. The van der Waals surface area contributed by atoms with Crippen molar-refractivity contribution in [1.82, 2.24) is 19.5 Å². The van der Waals surface area contributed by atoms with E-state index in [1.54, 1.807) is 66.9 Å². The SMILES string of the molecule is CCOC(=O)[C@@H]1C[C@@]12OC(n1cnc3c(N(C(=O)OC(C)(C)C)C(=O)OC(C)(C)C)ncnc31)C1OC(C)(C)O[C@H]12. The number of nitrogens with zero attached hydrogens (tertiary/aromatic N) is 5. The third kappa shape index (κ3) is 5.35. The summed E-state index contributed by atoms with van der Waals surface area (Å²) in [5.74, 6) is -1.91. The van der Waals surface area contributed by atoms with Crippen LogP contribution in [0.2, 0.25) is 0 Å². The van der Waals surface area contributed by atoms with E-state index in [-0.39, 0.29) is 29.6 Å². The summed E-state index contributed by atoms with van der Waals surface area (Å²) in [7, 11) is 0. The van der Waals surface area contributed by atoms with E-state index in [9.17, 15) is 14.4 Å². The van der Waals surface area contributed by atoms with Crippen LogP contribution in [0.25, 0.3) is 11.2 Å². The van der Waals surface area contributed by atoms with Crippen LogP contribution >= 0.6 is 0 Å². The van der Waals surface area contributed by atoms with Gasteiger partial charge in [-0.1, -0.05) is 0 Å². The predicted molar refractivity (Wildman–Crippen MR) is 142 cm³/mol. The minimum Gasteiger partial charge on any atom is -0.466 e. The van der Waals surface area contributed by atoms with Gasteiger partial charge >= 0.3 is 18.2 Å². The maximum atomic E-state index is 13.3. The van der Waals surface area contributed by atoms with Crippen LogP contribution in [-0.2, 0) is 33.2 Å². The molecule has 1 aliphatic carbocycles. The van der Waals surface area contributed by atoms with E-state index in [2.05, 4.69) is 15.0 Å². The molecule has 2 aliphatic heterocycles. The number of fused-ring (bicyclic) bond motifs is 3. The molecule has 224 valence electrons. The van der Waals surface area contributed by atoms with E-state index in [1.165, 1.54) is 12.7 Å². The Morgan fingerprint density at radius 3 is 2.22 bits per heavy atom. The van der Waals surface area contributed by atoms with Crippen LogP contribution in [0.4, 0.5) is 15.4 Å². The van der Waals surface area contributed by atoms with Crippen molar-refractivity contribution in [2.45, 2.75) is 110 Å². The molecule has 0 radical (unpaired) electrons. The molecule has 5 atom stereocenters. The number of carbonyl (C=O) groups is 3. The molecular weight excluding hydrogens is 538 g/mol. The zero-order valence-electron chi connectivity index (χ0n) is 24.8. The van der Waals surface area contributed by atoms with Crippen LogP contribution in [0.5, 0.6) is 0 Å². The monoisotopic (exact) mass is 575 g/mol. The maximum absolute atomic E-state index is 13.3. The lowest BCUT2D eigenvalue weighted by molar-refractivity contribution is -0.205. The molecule has 3 aliphatic rings. The fourth-order valence-corrected chi connectivity index (χ4v) is 5.23. The first kappa shape index (κ1) is 29.1. The molecule has 5 rings (SSSR count). The number of imidazole rings is 1. The van der Waals surface area contributed by atoms with Gasteiger partial charge in [-0.25, -0.2) is 24.5 Å². The van der Waals surface area contributed by atoms with Gasteiger partial charge in [0, 0.05) is 0 Å². The van der Waals surface area contributed by atoms with E-state index in [1.807, 2.05) is 0 Å². The lowest BCUT2D eigenvalue weighted by Gasteiger charge is -2.28. The van der Waals surface area contributed by atoms with Crippen molar-refractivity contribution in [1.29, 1.82) is 0 Å². The molecule has 2 aromatic heterocycles. The third-order valence-corrected chi connectivity index (χ3v) is 6.73. The molecule has 14 heteroatoms. The van der Waals surface area contributed by atoms with Crippen LogP contribution in [0.3, 0.4) is 0 Å². The van der Waals surface area contributed by atoms with Gasteiger partial charge in [0.15, 0.2) is 29.0 Å². The van der Waals surface area contributed by atoms with E-state index in [0.717, 1.165) is 0 Å². The Balaban J connectivity index is 1.54. The third-order valence-electron chi connectivity index (χ3n) is 6.73. The number of anilines is 1. The molecule has 2 amide bonds. The number of aromatic nitrogens is 4. The average Bonchev–Trinajstić information content (AvgIpc) is 3.06. The van der Waals surface area contributed by atoms with Crippen LogP contribution in [-0.4, -0.2) is 79.1 Å². The molecule has 1 saturated carbocycles. The summed E-state index contributed by atoms with van der Waals surface area (Å²) in [5.41, 5.74) is -2.36. The zero-order valence-corrected chi connectivity index (χ0v) is 24.8. The van der Waals surface area contributed by atoms with Crippen molar-refractivity contribution in [2.24, 2.45) is 5.92 Å². The van der Waals surface area contributed by atoms with E-state index >= 15 is 0 Å². The Bertz CT molecular complexity index is 1350. The van der Waals surface area contributed by atoms with Gasteiger partial charge in [0.25, 0.3) is 0 Å². The fourth-order valence-electron chi connectivity index (χ4n) is 5.23. The number of carbonyl (C=O) groups excluding carboxylic acids is 3. The molecule has 2 aromatic rings. The zero-order chi connectivity index (χ0) is 30.1. The Morgan fingerprint density at radius 1 is 1.00 bits per heavy atom. The van der Waals surface area contributed by atoms with Crippen LogP contribution in [0.1, 0.15) is 75.0 Å². The normalized spacial score (nSPS) is 28.4. The molecule has 3 fully saturated rings. The van der Waals surface area contributed by atoms with Crippen LogP contribution < -0.4 is 4.90 Å². The van der Waals surface area contributed by atoms with Gasteiger partial charge < -0.3 is 28.4 Å². The lowest BCUT2D eigenvalue weighted by Crippen LogP contribution is -2.44. The average molecular weight is 576 g/mol. The topological polar surface area (TPSA) is 153 Å². The number of imide groups is 1. The minimum absolute atomic E-state index is 0.124. The smallest absolute Gasteiger partial charge is 0.425 e. The van der Waals surface area contributed by atoms with Crippen molar-refractivity contribution in [3.63, 3.8) is 0 Å². The molecule has 2 saturated heterocycles. The summed E-state index contributed by atoms with van der Waals surface area (Å²) in [6, 6.07) is 0. The molecule has 2 unspecified atom stereocenters. The van der Waals surface area contributed by atoms with Gasteiger partial charge in [-0.05, 0) is 68.7 Å². The van der Waals surface area contributed by atoms with Crippen molar-refractivity contribution >= 4 is 35.1 Å². The predicted octanol–water partition coefficient (Wildman–Crippen LogP) is 3.87. The lowest BCUT2D eigenvalue weighted by atomic mass is 10.1. The standard InChI is InChI=1S/C27H37N5O9/c1-10-36-21(33)14-11-27(14)17-16(37-26(8,9)38-17)20(39-27)31-13-30-15-18(31)28-12-29-19(15)32(22(34)40-24(2,3)4)23(35)41-25(5,6)7/h12-14,16-17,20H,10-11H2,1-9H3/t14-,16?,17+,20?,27+/m0/s1. The van der Waals surface area contributed by atoms with Crippen molar-refractivity contribution in [3.05, 3.63) is 12.7 Å². The van der Waals surface area contributed by atoms with Crippen molar-refractivity contribution in [3.8, 4) is 0 Å². The van der Waals surface area contributed by atoms with E-state index in [0.29, 0.717) is 11.3 Å². The molecule has 41 heavy (non-hydrogen) atoms. The number of amides is 2. The summed E-state index contributed by atoms with van der Waals surface area (Å²) in [6.07, 6.45) is -0.824. The Morgan fingerprint density at radius 2 is 1.63 bits per heavy atom. The Kier molecular flexibility index (Phi) is 6.82. The van der Waals surface area contributed by atoms with Gasteiger partial charge in [-0.3, -0.25) is 9.36 Å². The molecule has 1 spiro atoms. The molecule has 0 N–H and O–H groups in total. The fraction of sp³-hybridized carbons (Fsp3) is 0.704. The van der Waals surface area contributed by atoms with Crippen molar-refractivity contribution < 1.29 is 42.8 Å². The molecule has 4 heterocycles. The number of rotatable bonds is 4. The quantitative estimate of drug-likeness (QED) is 0.384. The van der Waals surface area contributed by atoms with Crippen LogP contribution in [0, 0.1) is 5.92 Å². The van der Waals surface area contributed by atoms with E-state index in [4.69, 9.17) is 28.4 Å². The van der Waals surface area contributed by atoms with Gasteiger partial charge in [-0.15, -0.1) is 0 Å². The second-order valence-corrected chi connectivity index (χ2v) is 12.8. The highest BCUT2D eigenvalue weighted by Gasteiger charge is 2.76. The number of esters is 1. The van der Waals surface area contributed by atoms with Gasteiger partial charge in [-0.2, -0.15) is 4.90 Å².